The Morgan fingerprint density at radius 3 is 3.00 bits per heavy atom. The molecule has 1 saturated heterocycles. The van der Waals surface area contributed by atoms with Gasteiger partial charge in [0.1, 0.15) is 5.76 Å². The number of hydrogen-bond acceptors (Lipinski definition) is 4. The highest BCUT2D eigenvalue weighted by molar-refractivity contribution is 9.10. The number of hydrogen-bond donors (Lipinski definition) is 1. The van der Waals surface area contributed by atoms with Crippen LogP contribution >= 0.6 is 15.9 Å². The molecule has 1 fully saturated rings. The largest absolute Gasteiger partial charge is 0.453 e. The number of piperidine rings is 1. The van der Waals surface area contributed by atoms with Gasteiger partial charge in [-0.15, -0.1) is 0 Å². The second kappa shape index (κ2) is 6.74. The first-order valence-corrected chi connectivity index (χ1v) is 7.60. The van der Waals surface area contributed by atoms with Gasteiger partial charge in [-0.25, -0.2) is 0 Å². The van der Waals surface area contributed by atoms with Crippen LogP contribution in [0.4, 0.5) is 0 Å². The maximum atomic E-state index is 11.9. The summed E-state index contributed by atoms with van der Waals surface area (Å²) in [5.74, 6) is 0.670. The van der Waals surface area contributed by atoms with Crippen LogP contribution in [0, 0.1) is 5.41 Å². The quantitative estimate of drug-likeness (QED) is 0.858. The topological polar surface area (TPSA) is 68.7 Å². The van der Waals surface area contributed by atoms with Crippen LogP contribution in [0.3, 0.4) is 0 Å². The number of carbonyl (C=O) groups is 1. The molecule has 1 amide bonds. The SMILES string of the molecule is COCCC1(C(N)=O)CCCN(Cc2ccc(Br)o2)C1. The van der Waals surface area contributed by atoms with E-state index in [1.807, 2.05) is 12.1 Å². The number of likely N-dealkylation sites (tertiary alicyclic amines) is 1. The van der Waals surface area contributed by atoms with Crippen molar-refractivity contribution in [3.63, 3.8) is 0 Å². The number of nitrogens with two attached hydrogens (primary N) is 1. The standard InChI is InChI=1S/C14H21BrN2O3/c1-19-8-6-14(13(16)18)5-2-7-17(10-14)9-11-3-4-12(15)20-11/h3-4H,2,5-10H2,1H3,(H2,16,18). The lowest BCUT2D eigenvalue weighted by Crippen LogP contribution is -2.50. The second-order valence-corrected chi connectivity index (χ2v) is 6.19. The Kier molecular flexibility index (Phi) is 5.23. The molecule has 1 unspecified atom stereocenters. The van der Waals surface area contributed by atoms with Gasteiger partial charge in [-0.2, -0.15) is 0 Å². The lowest BCUT2D eigenvalue weighted by molar-refractivity contribution is -0.132. The summed E-state index contributed by atoms with van der Waals surface area (Å²) in [4.78, 5) is 14.1. The molecule has 0 aliphatic carbocycles. The van der Waals surface area contributed by atoms with E-state index >= 15 is 0 Å². The molecule has 0 radical (unpaired) electrons. The molecule has 1 atom stereocenters. The molecular formula is C14H21BrN2O3. The maximum absolute atomic E-state index is 11.9. The fourth-order valence-electron chi connectivity index (χ4n) is 2.85. The van der Waals surface area contributed by atoms with E-state index in [2.05, 4.69) is 20.8 Å². The molecule has 0 aromatic carbocycles. The minimum absolute atomic E-state index is 0.222. The molecule has 2 heterocycles. The summed E-state index contributed by atoms with van der Waals surface area (Å²) in [6, 6.07) is 3.82. The number of amides is 1. The summed E-state index contributed by atoms with van der Waals surface area (Å²) >= 11 is 3.30. The zero-order valence-corrected chi connectivity index (χ0v) is 13.3. The summed E-state index contributed by atoms with van der Waals surface area (Å²) in [7, 11) is 1.65. The molecule has 2 rings (SSSR count). The highest BCUT2D eigenvalue weighted by Crippen LogP contribution is 2.34. The number of carbonyl (C=O) groups excluding carboxylic acids is 1. The van der Waals surface area contributed by atoms with Gasteiger partial charge >= 0.3 is 0 Å². The summed E-state index contributed by atoms with van der Waals surface area (Å²) in [5, 5.41) is 0. The van der Waals surface area contributed by atoms with Crippen molar-refractivity contribution in [1.29, 1.82) is 0 Å². The summed E-state index contributed by atoms with van der Waals surface area (Å²) in [6.45, 7) is 2.89. The van der Waals surface area contributed by atoms with Gasteiger partial charge in [-0.3, -0.25) is 9.69 Å². The van der Waals surface area contributed by atoms with Gasteiger partial charge in [0.15, 0.2) is 4.67 Å². The fourth-order valence-corrected chi connectivity index (χ4v) is 3.19. The number of halogens is 1. The average molecular weight is 345 g/mol. The third-order valence-corrected chi connectivity index (χ3v) is 4.40. The van der Waals surface area contributed by atoms with E-state index in [4.69, 9.17) is 14.9 Å². The van der Waals surface area contributed by atoms with Crippen molar-refractivity contribution in [2.24, 2.45) is 11.1 Å². The smallest absolute Gasteiger partial charge is 0.225 e. The van der Waals surface area contributed by atoms with Gasteiger partial charge in [0.2, 0.25) is 5.91 Å². The first kappa shape index (κ1) is 15.5. The molecule has 1 aliphatic rings. The van der Waals surface area contributed by atoms with Crippen LogP contribution in [0.15, 0.2) is 21.2 Å². The Labute approximate surface area is 127 Å². The van der Waals surface area contributed by atoms with E-state index in [1.54, 1.807) is 7.11 Å². The number of nitrogens with zero attached hydrogens (tertiary/aromatic N) is 1. The molecule has 0 spiro atoms. The Morgan fingerprint density at radius 1 is 1.60 bits per heavy atom. The lowest BCUT2D eigenvalue weighted by atomic mass is 9.76. The van der Waals surface area contributed by atoms with E-state index in [9.17, 15) is 4.79 Å². The van der Waals surface area contributed by atoms with Crippen molar-refractivity contribution in [3.05, 3.63) is 22.6 Å². The van der Waals surface area contributed by atoms with E-state index in [-0.39, 0.29) is 5.91 Å². The molecule has 6 heteroatoms. The van der Waals surface area contributed by atoms with Gasteiger partial charge in [-0.1, -0.05) is 0 Å². The monoisotopic (exact) mass is 344 g/mol. The van der Waals surface area contributed by atoms with Crippen LogP contribution in [0.25, 0.3) is 0 Å². The van der Waals surface area contributed by atoms with Crippen molar-refractivity contribution >= 4 is 21.8 Å². The summed E-state index contributed by atoms with van der Waals surface area (Å²) in [5.41, 5.74) is 5.18. The molecular weight excluding hydrogens is 324 g/mol. The first-order valence-electron chi connectivity index (χ1n) is 6.81. The van der Waals surface area contributed by atoms with Crippen molar-refractivity contribution in [2.75, 3.05) is 26.8 Å². The first-order chi connectivity index (χ1) is 9.55. The van der Waals surface area contributed by atoms with Crippen molar-refractivity contribution in [1.82, 2.24) is 4.90 Å². The van der Waals surface area contributed by atoms with Gasteiger partial charge < -0.3 is 14.9 Å². The fraction of sp³-hybridized carbons (Fsp3) is 0.643. The Hall–Kier alpha value is -0.850. The van der Waals surface area contributed by atoms with Crippen LogP contribution < -0.4 is 5.73 Å². The molecule has 112 valence electrons. The minimum atomic E-state index is -0.474. The molecule has 1 aromatic rings. The summed E-state index contributed by atoms with van der Waals surface area (Å²) < 4.78 is 11.4. The number of ether oxygens (including phenoxy) is 1. The predicted molar refractivity (Wildman–Crippen MR) is 79.0 cm³/mol. The zero-order chi connectivity index (χ0) is 14.6. The van der Waals surface area contributed by atoms with Gasteiger partial charge in [0, 0.05) is 20.3 Å². The Balaban J connectivity index is 2.03. The van der Waals surface area contributed by atoms with E-state index in [0.29, 0.717) is 26.1 Å². The molecule has 0 saturated carbocycles. The van der Waals surface area contributed by atoms with Crippen LogP contribution in [-0.4, -0.2) is 37.6 Å². The normalized spacial score (nSPS) is 23.9. The maximum Gasteiger partial charge on any atom is 0.225 e. The van der Waals surface area contributed by atoms with Crippen LogP contribution in [0.5, 0.6) is 0 Å². The molecule has 5 nitrogen and oxygen atoms in total. The lowest BCUT2D eigenvalue weighted by Gasteiger charge is -2.40. The van der Waals surface area contributed by atoms with Crippen molar-refractivity contribution in [2.45, 2.75) is 25.8 Å². The highest BCUT2D eigenvalue weighted by Gasteiger charge is 2.40. The van der Waals surface area contributed by atoms with E-state index < -0.39 is 5.41 Å². The average Bonchev–Trinajstić information content (AvgIpc) is 2.82. The zero-order valence-electron chi connectivity index (χ0n) is 11.7. The molecule has 0 bridgehead atoms. The molecule has 1 aromatic heterocycles. The van der Waals surface area contributed by atoms with Crippen molar-refractivity contribution in [3.8, 4) is 0 Å². The number of rotatable bonds is 6. The second-order valence-electron chi connectivity index (χ2n) is 5.41. The molecule has 1 aliphatic heterocycles. The van der Waals surface area contributed by atoms with Crippen molar-refractivity contribution < 1.29 is 13.9 Å². The minimum Gasteiger partial charge on any atom is -0.453 e. The number of methoxy groups -OCH3 is 1. The van der Waals surface area contributed by atoms with E-state index in [1.165, 1.54) is 0 Å². The van der Waals surface area contributed by atoms with Gasteiger partial charge in [0.25, 0.3) is 0 Å². The van der Waals surface area contributed by atoms with Crippen LogP contribution in [-0.2, 0) is 16.1 Å². The number of primary amides is 1. The predicted octanol–water partition coefficient (Wildman–Crippen LogP) is 2.15. The Bertz CT molecular complexity index is 463. The molecule has 20 heavy (non-hydrogen) atoms. The van der Waals surface area contributed by atoms with Gasteiger partial charge in [0.05, 0.1) is 12.0 Å². The number of furan rings is 1. The van der Waals surface area contributed by atoms with Crippen LogP contribution in [0.1, 0.15) is 25.0 Å². The van der Waals surface area contributed by atoms with Gasteiger partial charge in [-0.05, 0) is 53.9 Å². The third-order valence-electron chi connectivity index (χ3n) is 3.97. The van der Waals surface area contributed by atoms with Crippen LogP contribution in [0.2, 0.25) is 0 Å². The summed E-state index contributed by atoms with van der Waals surface area (Å²) in [6.07, 6.45) is 2.48. The Morgan fingerprint density at radius 2 is 2.40 bits per heavy atom. The third kappa shape index (κ3) is 3.62. The molecule has 2 N–H and O–H groups in total. The highest BCUT2D eigenvalue weighted by atomic mass is 79.9. The van der Waals surface area contributed by atoms with E-state index in [0.717, 1.165) is 29.8 Å².